The van der Waals surface area contributed by atoms with Gasteiger partial charge in [0, 0.05) is 23.7 Å². The maximum absolute atomic E-state index is 12.7. The Labute approximate surface area is 167 Å². The van der Waals surface area contributed by atoms with Crippen molar-refractivity contribution in [1.29, 1.82) is 0 Å². The first-order valence-corrected chi connectivity index (χ1v) is 10.9. The maximum atomic E-state index is 12.7. The van der Waals surface area contributed by atoms with Crippen molar-refractivity contribution in [3.63, 3.8) is 0 Å². The molecule has 1 saturated heterocycles. The summed E-state index contributed by atoms with van der Waals surface area (Å²) in [7, 11) is 0. The zero-order valence-corrected chi connectivity index (χ0v) is 17.4. The van der Waals surface area contributed by atoms with Crippen LogP contribution in [0.2, 0.25) is 0 Å². The highest BCUT2D eigenvalue weighted by molar-refractivity contribution is 7.99. The first-order chi connectivity index (χ1) is 13.1. The van der Waals surface area contributed by atoms with Crippen molar-refractivity contribution < 1.29 is 4.79 Å². The number of benzene rings is 2. The van der Waals surface area contributed by atoms with Gasteiger partial charge in [0.05, 0.1) is 11.6 Å². The van der Waals surface area contributed by atoms with Crippen LogP contribution in [-0.4, -0.2) is 24.7 Å². The fourth-order valence-corrected chi connectivity index (χ4v) is 4.34. The molecule has 1 N–H and O–H groups in total. The van der Waals surface area contributed by atoms with E-state index < -0.39 is 0 Å². The third-order valence-corrected chi connectivity index (χ3v) is 6.28. The molecule has 0 aliphatic carbocycles. The smallest absolute Gasteiger partial charge is 0.252 e. The number of piperidine rings is 1. The van der Waals surface area contributed by atoms with Crippen molar-refractivity contribution in [3.05, 3.63) is 59.7 Å². The van der Waals surface area contributed by atoms with Crippen molar-refractivity contribution >= 4 is 23.4 Å². The molecule has 0 bridgehead atoms. The van der Waals surface area contributed by atoms with E-state index >= 15 is 0 Å². The summed E-state index contributed by atoms with van der Waals surface area (Å²) in [6, 6.07) is 16.5. The molecule has 2 aromatic carbocycles. The molecule has 1 atom stereocenters. The third kappa shape index (κ3) is 5.07. The number of nitrogens with one attached hydrogen (secondary N) is 1. The summed E-state index contributed by atoms with van der Waals surface area (Å²) < 4.78 is 0. The average molecular weight is 383 g/mol. The van der Waals surface area contributed by atoms with Crippen molar-refractivity contribution in [2.45, 2.75) is 44.6 Å². The lowest BCUT2D eigenvalue weighted by molar-refractivity contribution is 0.0937. The Morgan fingerprint density at radius 3 is 2.48 bits per heavy atom. The highest BCUT2D eigenvalue weighted by Gasteiger charge is 2.17. The molecule has 144 valence electrons. The second kappa shape index (κ2) is 9.32. The van der Waals surface area contributed by atoms with E-state index in [1.807, 2.05) is 31.2 Å². The third-order valence-electron chi connectivity index (χ3n) is 5.32. The number of carbonyl (C=O) groups excluding carboxylic acids is 1. The fourth-order valence-electron chi connectivity index (χ4n) is 3.53. The lowest BCUT2D eigenvalue weighted by atomic mass is 9.98. The molecule has 4 heteroatoms. The van der Waals surface area contributed by atoms with Crippen molar-refractivity contribution in [2.75, 3.05) is 23.7 Å². The molecule has 1 fully saturated rings. The van der Waals surface area contributed by atoms with Gasteiger partial charge in [0.25, 0.3) is 5.91 Å². The molecule has 3 rings (SSSR count). The van der Waals surface area contributed by atoms with Crippen molar-refractivity contribution in [1.82, 2.24) is 5.32 Å². The van der Waals surface area contributed by atoms with Crippen molar-refractivity contribution in [3.8, 4) is 0 Å². The number of rotatable bonds is 6. The molecule has 2 aromatic rings. The van der Waals surface area contributed by atoms with Gasteiger partial charge in [-0.15, -0.1) is 11.8 Å². The number of carbonyl (C=O) groups is 1. The minimum absolute atomic E-state index is 0.00635. The Hall–Kier alpha value is -1.94. The van der Waals surface area contributed by atoms with Gasteiger partial charge in [-0.05, 0) is 61.3 Å². The van der Waals surface area contributed by atoms with Gasteiger partial charge in [0.2, 0.25) is 0 Å². The highest BCUT2D eigenvalue weighted by atomic mass is 32.2. The minimum Gasteiger partial charge on any atom is -0.372 e. The van der Waals surface area contributed by atoms with Crippen LogP contribution in [0.4, 0.5) is 5.69 Å². The van der Waals surface area contributed by atoms with E-state index in [2.05, 4.69) is 48.3 Å². The molecule has 0 saturated carbocycles. The fraction of sp³-hybridized carbons (Fsp3) is 0.435. The summed E-state index contributed by atoms with van der Waals surface area (Å²) in [5.74, 6) is 1.79. The number of anilines is 1. The number of hydrogen-bond donors (Lipinski definition) is 1. The molecule has 0 aromatic heterocycles. The number of amides is 1. The summed E-state index contributed by atoms with van der Waals surface area (Å²) in [6.45, 7) is 8.76. The lowest BCUT2D eigenvalue weighted by Gasteiger charge is -2.32. The second-order valence-electron chi connectivity index (χ2n) is 7.39. The van der Waals surface area contributed by atoms with Gasteiger partial charge in [-0.2, -0.15) is 0 Å². The molecule has 1 aliphatic heterocycles. The molecule has 1 amide bonds. The SMILES string of the molecule is CCSc1ccccc1C(=O)N[C@@H](C)c1ccc(N2CCC(C)CC2)cc1. The van der Waals surface area contributed by atoms with Crippen LogP contribution in [0.15, 0.2) is 53.4 Å². The van der Waals surface area contributed by atoms with Gasteiger partial charge in [0.15, 0.2) is 0 Å². The molecular weight excluding hydrogens is 352 g/mol. The topological polar surface area (TPSA) is 32.3 Å². The van der Waals surface area contributed by atoms with E-state index in [4.69, 9.17) is 0 Å². The van der Waals surface area contributed by atoms with E-state index in [9.17, 15) is 4.79 Å². The average Bonchev–Trinajstić information content (AvgIpc) is 2.69. The number of hydrogen-bond acceptors (Lipinski definition) is 3. The molecule has 1 heterocycles. The summed E-state index contributed by atoms with van der Waals surface area (Å²) in [6.07, 6.45) is 2.53. The Morgan fingerprint density at radius 2 is 1.81 bits per heavy atom. The van der Waals surface area contributed by atoms with Gasteiger partial charge in [0.1, 0.15) is 0 Å². The lowest BCUT2D eigenvalue weighted by Crippen LogP contribution is -2.32. The van der Waals surface area contributed by atoms with Gasteiger partial charge >= 0.3 is 0 Å². The van der Waals surface area contributed by atoms with Crippen LogP contribution in [0.1, 0.15) is 55.6 Å². The quantitative estimate of drug-likeness (QED) is 0.667. The van der Waals surface area contributed by atoms with Gasteiger partial charge < -0.3 is 10.2 Å². The normalized spacial score (nSPS) is 16.2. The molecular formula is C23H30N2OS. The summed E-state index contributed by atoms with van der Waals surface area (Å²) >= 11 is 1.70. The largest absolute Gasteiger partial charge is 0.372 e. The van der Waals surface area contributed by atoms with Gasteiger partial charge in [-0.1, -0.05) is 38.1 Å². The number of nitrogens with zero attached hydrogens (tertiary/aromatic N) is 1. The van der Waals surface area contributed by atoms with E-state index in [1.54, 1.807) is 11.8 Å². The van der Waals surface area contributed by atoms with Crippen molar-refractivity contribution in [2.24, 2.45) is 5.92 Å². The summed E-state index contributed by atoms with van der Waals surface area (Å²) in [4.78, 5) is 16.2. The van der Waals surface area contributed by atoms with E-state index in [0.717, 1.165) is 40.8 Å². The predicted molar refractivity (Wildman–Crippen MR) is 116 cm³/mol. The highest BCUT2D eigenvalue weighted by Crippen LogP contribution is 2.26. The Bertz CT molecular complexity index is 751. The molecule has 3 nitrogen and oxygen atoms in total. The first-order valence-electron chi connectivity index (χ1n) is 9.96. The Balaban J connectivity index is 1.64. The van der Waals surface area contributed by atoms with Crippen LogP contribution in [0.3, 0.4) is 0 Å². The monoisotopic (exact) mass is 382 g/mol. The van der Waals surface area contributed by atoms with E-state index in [1.165, 1.54) is 18.5 Å². The summed E-state index contributed by atoms with van der Waals surface area (Å²) in [5.41, 5.74) is 3.18. The van der Waals surface area contributed by atoms with Gasteiger partial charge in [-0.25, -0.2) is 0 Å². The van der Waals surface area contributed by atoms with Crippen LogP contribution in [0.5, 0.6) is 0 Å². The van der Waals surface area contributed by atoms with E-state index in [-0.39, 0.29) is 11.9 Å². The predicted octanol–water partition coefficient (Wildman–Crippen LogP) is 5.53. The maximum Gasteiger partial charge on any atom is 0.252 e. The standard InChI is InChI=1S/C23H30N2OS/c1-4-27-22-8-6-5-7-21(22)23(26)24-18(3)19-9-11-20(12-10-19)25-15-13-17(2)14-16-25/h5-12,17-18H,4,13-16H2,1-3H3,(H,24,26)/t18-/m0/s1. The molecule has 0 spiro atoms. The summed E-state index contributed by atoms with van der Waals surface area (Å²) in [5, 5.41) is 3.15. The van der Waals surface area contributed by atoms with Crippen LogP contribution in [0.25, 0.3) is 0 Å². The Kier molecular flexibility index (Phi) is 6.84. The first kappa shape index (κ1) is 19.8. The molecule has 0 unspecified atom stereocenters. The zero-order valence-electron chi connectivity index (χ0n) is 16.6. The second-order valence-corrected chi connectivity index (χ2v) is 8.69. The molecule has 27 heavy (non-hydrogen) atoms. The number of thioether (sulfide) groups is 1. The van der Waals surface area contributed by atoms with Crippen LogP contribution >= 0.6 is 11.8 Å². The minimum atomic E-state index is -0.0207. The van der Waals surface area contributed by atoms with Crippen LogP contribution in [-0.2, 0) is 0 Å². The molecule has 1 aliphatic rings. The van der Waals surface area contributed by atoms with Crippen LogP contribution in [0, 0.1) is 5.92 Å². The Morgan fingerprint density at radius 1 is 1.15 bits per heavy atom. The van der Waals surface area contributed by atoms with Gasteiger partial charge in [-0.3, -0.25) is 4.79 Å². The molecule has 0 radical (unpaired) electrons. The zero-order chi connectivity index (χ0) is 19.2. The van der Waals surface area contributed by atoms with Crippen LogP contribution < -0.4 is 10.2 Å². The van der Waals surface area contributed by atoms with E-state index in [0.29, 0.717) is 0 Å².